The van der Waals surface area contributed by atoms with E-state index < -0.39 is 170 Å². The Morgan fingerprint density at radius 3 is 1.29 bits per heavy atom. The summed E-state index contributed by atoms with van der Waals surface area (Å²) in [6.45, 7) is 3.33. The summed E-state index contributed by atoms with van der Waals surface area (Å²) in [7, 11) is 0. The van der Waals surface area contributed by atoms with Crippen molar-refractivity contribution in [3.63, 3.8) is 0 Å². The zero-order valence-electron chi connectivity index (χ0n) is 56.4. The number of aliphatic hydroxyl groups is 2. The molecular weight excluding hydrogens is 1290 g/mol. The molecule has 0 fully saturated rings. The number of amides is 13. The standard InChI is InChI=1S/C62H102N22O15/c1-35(72-30-40-19-9-6-10-20-40)52(91)74-31-47(87)73-32-49(89)78-45(29-39-17-7-5-8-18-39)58(97)84-50(38(4)86)60(99)75-33-48(88)76-36(2)53(92)80-44(24-16-28-71-62(68)69)56(95)82-42(22-12-14-26-64)57(96)83-46(34-85)59(98)77-37(3)54(93)81-43(23-15-27-70-61(66)67)55(94)79-41(51(65)90)21-11-13-25-63/h5-10,17-20,35-38,41-46,50,72,85-86H,11-16,21-34,63-64H2,1-4H3,(H2,65,90)(H,73,87)(H,74,91)(H,75,99)(H,76,88)(H,77,98)(H,78,89)(H,79,94)(H,80,92)(H,81,93)(H,82,95)(H,83,96)(H,84,97)(H4,66,67,70)(H4,68,69,71)/t35-,36-,37-,38+,41-,42-,43-,44-,45-,46-,50+/m0/s1. The van der Waals surface area contributed by atoms with Gasteiger partial charge in [0.15, 0.2) is 11.9 Å². The molecule has 0 unspecified atom stereocenters. The number of primary amides is 1. The highest BCUT2D eigenvalue weighted by atomic mass is 16.3. The maximum Gasteiger partial charge on any atom is 0.245 e. The van der Waals surface area contributed by atoms with E-state index in [2.05, 4.69) is 79.1 Å². The molecule has 99 heavy (non-hydrogen) atoms. The van der Waals surface area contributed by atoms with Crippen LogP contribution >= 0.6 is 0 Å². The van der Waals surface area contributed by atoms with E-state index in [1.54, 1.807) is 37.3 Å². The lowest BCUT2D eigenvalue weighted by atomic mass is 10.0. The van der Waals surface area contributed by atoms with E-state index in [4.69, 9.17) is 40.1 Å². The Bertz CT molecular complexity index is 3010. The van der Waals surface area contributed by atoms with Gasteiger partial charge in [0, 0.05) is 26.1 Å². The lowest BCUT2D eigenvalue weighted by molar-refractivity contribution is -0.136. The number of guanidine groups is 2. The molecule has 2 aromatic rings. The third-order valence-corrected chi connectivity index (χ3v) is 14.8. The van der Waals surface area contributed by atoms with Crippen LogP contribution in [0.4, 0.5) is 0 Å². The summed E-state index contributed by atoms with van der Waals surface area (Å²) < 4.78 is 0. The number of hydrogen-bond donors (Lipinski definition) is 22. The van der Waals surface area contributed by atoms with Gasteiger partial charge in [0.25, 0.3) is 0 Å². The average molecular weight is 1400 g/mol. The number of unbranched alkanes of at least 4 members (excludes halogenated alkanes) is 2. The van der Waals surface area contributed by atoms with Gasteiger partial charge in [-0.05, 0) is 116 Å². The maximum absolute atomic E-state index is 14.1. The number of carbonyl (C=O) groups excluding carboxylic acids is 13. The first-order chi connectivity index (χ1) is 47.0. The second-order valence-corrected chi connectivity index (χ2v) is 23.2. The van der Waals surface area contributed by atoms with Gasteiger partial charge < -0.3 is 119 Å². The Morgan fingerprint density at radius 1 is 0.404 bits per heavy atom. The van der Waals surface area contributed by atoms with Crippen LogP contribution in [0.1, 0.15) is 103 Å². The Balaban J connectivity index is 2.17. The van der Waals surface area contributed by atoms with Crippen molar-refractivity contribution in [1.82, 2.24) is 69.1 Å². The quantitative estimate of drug-likeness (QED) is 0.0166. The number of carbonyl (C=O) groups is 13. The van der Waals surface area contributed by atoms with Crippen LogP contribution in [0.25, 0.3) is 0 Å². The number of aliphatic hydroxyl groups excluding tert-OH is 2. The number of nitrogens with one attached hydrogen (secondary N) is 13. The van der Waals surface area contributed by atoms with E-state index in [0.717, 1.165) is 5.56 Å². The summed E-state index contributed by atoms with van der Waals surface area (Å²) in [5.41, 5.74) is 40.2. The van der Waals surface area contributed by atoms with Crippen LogP contribution in [0.2, 0.25) is 0 Å². The molecule has 0 bridgehead atoms. The van der Waals surface area contributed by atoms with Crippen molar-refractivity contribution in [3.8, 4) is 0 Å². The molecule has 550 valence electrons. The van der Waals surface area contributed by atoms with E-state index >= 15 is 0 Å². The lowest BCUT2D eigenvalue weighted by Crippen LogP contribution is -2.60. The molecule has 0 radical (unpaired) electrons. The van der Waals surface area contributed by atoms with Crippen molar-refractivity contribution >= 4 is 88.7 Å². The van der Waals surface area contributed by atoms with Crippen LogP contribution < -0.4 is 109 Å². The van der Waals surface area contributed by atoms with Gasteiger partial charge in [-0.25, -0.2) is 0 Å². The summed E-state index contributed by atoms with van der Waals surface area (Å²) in [5.74, 6) is -11.9. The predicted molar refractivity (Wildman–Crippen MR) is 364 cm³/mol. The Hall–Kier alpha value is -10.1. The zero-order chi connectivity index (χ0) is 74.0. The monoisotopic (exact) mass is 1390 g/mol. The SMILES string of the molecule is C[C@H](NCc1ccccc1)C(=O)NCC(=O)NCC(=O)N[C@@H](Cc1ccccc1)C(=O)N[C@@H](C(=O)NCC(=O)N[C@@H](C)C(=O)N[C@@H](CCCN=C(N)N)C(=O)N[C@@H](CCCCN)C(=O)N[C@@H](CO)C(=O)N[C@@H](C)C(=O)N[C@@H](CCCN=C(N)N)C(=O)N[C@@H](CCCCN)C(N)=O)[C@@H](C)O. The van der Waals surface area contributed by atoms with Crippen molar-refractivity contribution in [2.75, 3.05) is 52.4 Å². The van der Waals surface area contributed by atoms with Gasteiger partial charge in [-0.1, -0.05) is 60.7 Å². The number of aliphatic imine (C=N–C) groups is 2. The van der Waals surface area contributed by atoms with Crippen molar-refractivity contribution < 1.29 is 72.5 Å². The molecule has 0 spiro atoms. The lowest BCUT2D eigenvalue weighted by Gasteiger charge is -2.26. The summed E-state index contributed by atoms with van der Waals surface area (Å²) in [4.78, 5) is 181. The van der Waals surface area contributed by atoms with E-state index in [9.17, 15) is 72.5 Å². The van der Waals surface area contributed by atoms with Crippen LogP contribution in [0.15, 0.2) is 70.6 Å². The molecule has 13 amide bonds. The Labute approximate surface area is 574 Å². The first kappa shape index (κ1) is 85.0. The molecule has 0 saturated heterocycles. The molecule has 37 nitrogen and oxygen atoms in total. The number of rotatable bonds is 48. The molecule has 2 rings (SSSR count). The number of benzene rings is 2. The summed E-state index contributed by atoms with van der Waals surface area (Å²) in [6.07, 6.45) is 0.0574. The van der Waals surface area contributed by atoms with Gasteiger partial charge in [0.1, 0.15) is 54.4 Å². The molecule has 29 N–H and O–H groups in total. The third kappa shape index (κ3) is 35.1. The smallest absolute Gasteiger partial charge is 0.245 e. The molecule has 37 heteroatoms. The molecule has 0 aromatic heterocycles. The fraction of sp³-hybridized carbons (Fsp3) is 0.565. The predicted octanol–water partition coefficient (Wildman–Crippen LogP) is -8.62. The van der Waals surface area contributed by atoms with Gasteiger partial charge in [-0.15, -0.1) is 0 Å². The van der Waals surface area contributed by atoms with E-state index in [1.807, 2.05) is 30.3 Å². The summed E-state index contributed by atoms with van der Waals surface area (Å²) >= 11 is 0. The first-order valence-corrected chi connectivity index (χ1v) is 32.4. The van der Waals surface area contributed by atoms with E-state index in [0.29, 0.717) is 37.9 Å². The molecular formula is C62H102N22O15. The normalized spacial score (nSPS) is 14.2. The molecule has 11 atom stereocenters. The van der Waals surface area contributed by atoms with Crippen LogP contribution in [0, 0.1) is 0 Å². The summed E-state index contributed by atoms with van der Waals surface area (Å²) in [6, 6.07) is 4.15. The van der Waals surface area contributed by atoms with Gasteiger partial charge in [0.2, 0.25) is 76.8 Å². The molecule has 0 saturated carbocycles. The Morgan fingerprint density at radius 2 is 0.808 bits per heavy atom. The maximum atomic E-state index is 14.1. The van der Waals surface area contributed by atoms with Crippen molar-refractivity contribution in [2.45, 2.75) is 171 Å². The molecule has 0 heterocycles. The zero-order valence-corrected chi connectivity index (χ0v) is 56.4. The molecule has 2 aromatic carbocycles. The summed E-state index contributed by atoms with van der Waals surface area (Å²) in [5, 5.41) is 53.3. The van der Waals surface area contributed by atoms with Crippen molar-refractivity contribution in [1.29, 1.82) is 0 Å². The number of nitrogens with zero attached hydrogens (tertiary/aromatic N) is 2. The van der Waals surface area contributed by atoms with Crippen LogP contribution in [0.5, 0.6) is 0 Å². The van der Waals surface area contributed by atoms with E-state index in [-0.39, 0.29) is 82.9 Å². The average Bonchev–Trinajstić information content (AvgIpc) is 0.899. The third-order valence-electron chi connectivity index (χ3n) is 14.8. The van der Waals surface area contributed by atoms with Gasteiger partial charge in [-0.3, -0.25) is 72.3 Å². The first-order valence-electron chi connectivity index (χ1n) is 32.4. The highest BCUT2D eigenvalue weighted by Crippen LogP contribution is 2.10. The van der Waals surface area contributed by atoms with Gasteiger partial charge in [0.05, 0.1) is 38.4 Å². The number of nitrogens with two attached hydrogens (primary N) is 7. The minimum absolute atomic E-state index is 0.0233. The van der Waals surface area contributed by atoms with Crippen LogP contribution in [0.3, 0.4) is 0 Å². The van der Waals surface area contributed by atoms with Crippen LogP contribution in [-0.2, 0) is 75.3 Å². The second kappa shape index (κ2) is 46.9. The van der Waals surface area contributed by atoms with Crippen molar-refractivity contribution in [3.05, 3.63) is 71.8 Å². The highest BCUT2D eigenvalue weighted by Gasteiger charge is 2.34. The van der Waals surface area contributed by atoms with Crippen molar-refractivity contribution in [2.24, 2.45) is 50.1 Å². The molecule has 0 aliphatic heterocycles. The minimum Gasteiger partial charge on any atom is -0.394 e. The fourth-order valence-corrected chi connectivity index (χ4v) is 9.19. The number of hydrogen-bond acceptors (Lipinski definition) is 20. The minimum atomic E-state index is -1.73. The topological polar surface area (TPSA) is 626 Å². The van der Waals surface area contributed by atoms with Crippen LogP contribution in [-0.4, -0.2) is 218 Å². The second-order valence-electron chi connectivity index (χ2n) is 23.2. The molecule has 0 aliphatic rings. The van der Waals surface area contributed by atoms with E-state index in [1.165, 1.54) is 20.8 Å². The Kier molecular flexibility index (Phi) is 40.3. The molecule has 0 aliphatic carbocycles. The van der Waals surface area contributed by atoms with Gasteiger partial charge >= 0.3 is 0 Å². The van der Waals surface area contributed by atoms with Gasteiger partial charge in [-0.2, -0.15) is 0 Å². The highest BCUT2D eigenvalue weighted by molar-refractivity contribution is 5.99. The largest absolute Gasteiger partial charge is 0.394 e. The fourth-order valence-electron chi connectivity index (χ4n) is 9.19.